The minimum atomic E-state index is -0.111. The summed E-state index contributed by atoms with van der Waals surface area (Å²) < 4.78 is 0. The lowest BCUT2D eigenvalue weighted by atomic mass is 9.77. The molecule has 0 saturated heterocycles. The van der Waals surface area contributed by atoms with Crippen LogP contribution < -0.4 is 11.1 Å². The second-order valence-electron chi connectivity index (χ2n) is 5.67. The largest absolute Gasteiger partial charge is 0.354 e. The molecule has 2 aliphatic carbocycles. The molecular weight excluding hydrogens is 224 g/mol. The van der Waals surface area contributed by atoms with Crippen molar-refractivity contribution in [1.82, 2.24) is 5.32 Å². The van der Waals surface area contributed by atoms with Gasteiger partial charge in [0.25, 0.3) is 0 Å². The number of amides is 1. The zero-order valence-corrected chi connectivity index (χ0v) is 10.9. The van der Waals surface area contributed by atoms with E-state index in [1.54, 1.807) is 0 Å². The molecule has 0 heterocycles. The number of nitrogens with one attached hydrogen (secondary N) is 1. The summed E-state index contributed by atoms with van der Waals surface area (Å²) in [5.41, 5.74) is 5.87. The average molecular weight is 247 g/mol. The summed E-state index contributed by atoms with van der Waals surface area (Å²) in [4.78, 5) is 12.0. The first kappa shape index (κ1) is 13.8. The molecule has 16 heavy (non-hydrogen) atoms. The maximum absolute atomic E-state index is 12.0. The molecule has 0 bridgehead atoms. The van der Waals surface area contributed by atoms with E-state index in [0.29, 0.717) is 6.54 Å². The molecule has 2 fully saturated rings. The molecule has 0 atom stereocenters. The Hall–Kier alpha value is -0.280. The predicted octanol–water partition coefficient (Wildman–Crippen LogP) is 1.99. The van der Waals surface area contributed by atoms with E-state index in [1.165, 1.54) is 19.3 Å². The molecular formula is C12H23ClN2O. The van der Waals surface area contributed by atoms with Gasteiger partial charge in [-0.1, -0.05) is 19.8 Å². The van der Waals surface area contributed by atoms with Gasteiger partial charge in [0, 0.05) is 17.5 Å². The van der Waals surface area contributed by atoms with Crippen LogP contribution in [0.25, 0.3) is 0 Å². The molecule has 94 valence electrons. The Kier molecular flexibility index (Phi) is 4.24. The van der Waals surface area contributed by atoms with Crippen molar-refractivity contribution in [2.75, 3.05) is 6.54 Å². The van der Waals surface area contributed by atoms with Gasteiger partial charge in [0.1, 0.15) is 0 Å². The zero-order valence-electron chi connectivity index (χ0n) is 10.1. The maximum atomic E-state index is 12.0. The van der Waals surface area contributed by atoms with Crippen LogP contribution in [-0.2, 0) is 4.79 Å². The van der Waals surface area contributed by atoms with Gasteiger partial charge in [0.05, 0.1) is 0 Å². The Labute approximate surface area is 104 Å². The lowest BCUT2D eigenvalue weighted by Crippen LogP contribution is -2.56. The Morgan fingerprint density at radius 1 is 1.19 bits per heavy atom. The Morgan fingerprint density at radius 3 is 2.19 bits per heavy atom. The predicted molar refractivity (Wildman–Crippen MR) is 67.6 cm³/mol. The number of carbonyl (C=O) groups is 1. The highest BCUT2D eigenvalue weighted by atomic mass is 35.5. The van der Waals surface area contributed by atoms with Crippen molar-refractivity contribution in [2.24, 2.45) is 11.1 Å². The minimum absolute atomic E-state index is 0. The molecule has 3 N–H and O–H groups in total. The van der Waals surface area contributed by atoms with Crippen LogP contribution in [-0.4, -0.2) is 18.0 Å². The summed E-state index contributed by atoms with van der Waals surface area (Å²) in [6.45, 7) is 2.75. The first-order valence-corrected chi connectivity index (χ1v) is 6.11. The van der Waals surface area contributed by atoms with Gasteiger partial charge in [-0.25, -0.2) is 0 Å². The molecule has 2 rings (SSSR count). The Bertz CT molecular complexity index is 258. The van der Waals surface area contributed by atoms with Crippen molar-refractivity contribution in [3.63, 3.8) is 0 Å². The second kappa shape index (κ2) is 4.92. The summed E-state index contributed by atoms with van der Waals surface area (Å²) in [7, 11) is 0. The number of rotatable bonds is 3. The van der Waals surface area contributed by atoms with Crippen molar-refractivity contribution in [1.29, 1.82) is 0 Å². The van der Waals surface area contributed by atoms with E-state index in [-0.39, 0.29) is 29.3 Å². The average Bonchev–Trinajstić information content (AvgIpc) is 2.60. The van der Waals surface area contributed by atoms with Crippen molar-refractivity contribution in [3.05, 3.63) is 0 Å². The van der Waals surface area contributed by atoms with Gasteiger partial charge in [0.15, 0.2) is 0 Å². The fraction of sp³-hybridized carbons (Fsp3) is 0.917. The van der Waals surface area contributed by atoms with Crippen LogP contribution in [0.1, 0.15) is 51.9 Å². The Balaban J connectivity index is 0.00000128. The standard InChI is InChI=1S/C12H22N2O.ClH/c1-11(5-2-3-6-11)10(15)14-9-12(13)7-4-8-12;/h2-9,13H2,1H3,(H,14,15);1H. The highest BCUT2D eigenvalue weighted by Crippen LogP contribution is 2.38. The minimum Gasteiger partial charge on any atom is -0.354 e. The number of nitrogens with two attached hydrogens (primary N) is 1. The van der Waals surface area contributed by atoms with Gasteiger partial charge in [-0.3, -0.25) is 4.79 Å². The van der Waals surface area contributed by atoms with E-state index < -0.39 is 0 Å². The van der Waals surface area contributed by atoms with Crippen LogP contribution in [0.3, 0.4) is 0 Å². The van der Waals surface area contributed by atoms with Crippen molar-refractivity contribution in [3.8, 4) is 0 Å². The van der Waals surface area contributed by atoms with Crippen molar-refractivity contribution >= 4 is 18.3 Å². The zero-order chi connectivity index (χ0) is 10.9. The van der Waals surface area contributed by atoms with Crippen LogP contribution in [0.2, 0.25) is 0 Å². The van der Waals surface area contributed by atoms with E-state index in [1.807, 2.05) is 0 Å². The van der Waals surface area contributed by atoms with Crippen LogP contribution in [0.4, 0.5) is 0 Å². The highest BCUT2D eigenvalue weighted by molar-refractivity contribution is 5.85. The maximum Gasteiger partial charge on any atom is 0.226 e. The molecule has 0 spiro atoms. The quantitative estimate of drug-likeness (QED) is 0.800. The van der Waals surface area contributed by atoms with Gasteiger partial charge >= 0.3 is 0 Å². The molecule has 0 aliphatic heterocycles. The van der Waals surface area contributed by atoms with Crippen LogP contribution in [0, 0.1) is 5.41 Å². The molecule has 0 aromatic rings. The summed E-state index contributed by atoms with van der Waals surface area (Å²) >= 11 is 0. The molecule has 2 saturated carbocycles. The van der Waals surface area contributed by atoms with Crippen LogP contribution >= 0.6 is 12.4 Å². The molecule has 0 aromatic heterocycles. The van der Waals surface area contributed by atoms with Gasteiger partial charge in [-0.2, -0.15) is 0 Å². The first-order valence-electron chi connectivity index (χ1n) is 6.11. The Morgan fingerprint density at radius 2 is 1.75 bits per heavy atom. The fourth-order valence-corrected chi connectivity index (χ4v) is 2.66. The van der Waals surface area contributed by atoms with Crippen molar-refractivity contribution < 1.29 is 4.79 Å². The normalized spacial score (nSPS) is 25.4. The number of carbonyl (C=O) groups excluding carboxylic acids is 1. The monoisotopic (exact) mass is 246 g/mol. The summed E-state index contributed by atoms with van der Waals surface area (Å²) in [6.07, 6.45) is 7.79. The number of hydrogen-bond acceptors (Lipinski definition) is 2. The van der Waals surface area contributed by atoms with E-state index in [9.17, 15) is 4.79 Å². The number of hydrogen-bond donors (Lipinski definition) is 2. The van der Waals surface area contributed by atoms with Gasteiger partial charge in [-0.05, 0) is 32.1 Å². The molecule has 3 nitrogen and oxygen atoms in total. The smallest absolute Gasteiger partial charge is 0.226 e. The molecule has 1 amide bonds. The molecule has 4 heteroatoms. The van der Waals surface area contributed by atoms with Crippen LogP contribution in [0.15, 0.2) is 0 Å². The third-order valence-electron chi connectivity index (χ3n) is 4.21. The van der Waals surface area contributed by atoms with Gasteiger partial charge in [-0.15, -0.1) is 12.4 Å². The molecule has 0 radical (unpaired) electrons. The lowest BCUT2D eigenvalue weighted by Gasteiger charge is -2.39. The third kappa shape index (κ3) is 2.69. The SMILES string of the molecule is CC1(C(=O)NCC2(N)CCC2)CCCC1.Cl. The topological polar surface area (TPSA) is 55.1 Å². The highest BCUT2D eigenvalue weighted by Gasteiger charge is 2.38. The second-order valence-corrected chi connectivity index (χ2v) is 5.67. The van der Waals surface area contributed by atoms with E-state index >= 15 is 0 Å². The first-order chi connectivity index (χ1) is 7.04. The van der Waals surface area contributed by atoms with Gasteiger partial charge < -0.3 is 11.1 Å². The third-order valence-corrected chi connectivity index (χ3v) is 4.21. The van der Waals surface area contributed by atoms with E-state index in [2.05, 4.69) is 12.2 Å². The van der Waals surface area contributed by atoms with E-state index in [4.69, 9.17) is 5.73 Å². The summed E-state index contributed by atoms with van der Waals surface area (Å²) in [5.74, 6) is 0.219. The van der Waals surface area contributed by atoms with Crippen LogP contribution in [0.5, 0.6) is 0 Å². The molecule has 0 aromatic carbocycles. The molecule has 2 aliphatic rings. The lowest BCUT2D eigenvalue weighted by molar-refractivity contribution is -0.130. The molecule has 0 unspecified atom stereocenters. The van der Waals surface area contributed by atoms with Crippen molar-refractivity contribution in [2.45, 2.75) is 57.4 Å². The van der Waals surface area contributed by atoms with Gasteiger partial charge in [0.2, 0.25) is 5.91 Å². The fourth-order valence-electron chi connectivity index (χ4n) is 2.66. The number of halogens is 1. The summed E-state index contributed by atoms with van der Waals surface area (Å²) in [6, 6.07) is 0. The summed E-state index contributed by atoms with van der Waals surface area (Å²) in [5, 5.41) is 3.04. The van der Waals surface area contributed by atoms with E-state index in [0.717, 1.165) is 25.7 Å².